The van der Waals surface area contributed by atoms with Crippen molar-refractivity contribution in [2.75, 3.05) is 13.1 Å². The fourth-order valence-electron chi connectivity index (χ4n) is 2.49. The third-order valence-corrected chi connectivity index (χ3v) is 3.37. The first-order valence-corrected chi connectivity index (χ1v) is 7.04. The van der Waals surface area contributed by atoms with Crippen LogP contribution in [0.3, 0.4) is 0 Å². The highest BCUT2D eigenvalue weighted by Crippen LogP contribution is 2.25. The number of ether oxygens (including phenoxy) is 1. The molecule has 19 heavy (non-hydrogen) atoms. The molecule has 1 aromatic rings. The smallest absolute Gasteiger partial charge is 0.223 e. The molecule has 1 aliphatic rings. The predicted molar refractivity (Wildman–Crippen MR) is 75.8 cm³/mol. The van der Waals surface area contributed by atoms with Crippen LogP contribution in [0.2, 0.25) is 0 Å². The van der Waals surface area contributed by atoms with E-state index in [1.165, 1.54) is 0 Å². The molecule has 1 aliphatic heterocycles. The van der Waals surface area contributed by atoms with Gasteiger partial charge < -0.3 is 9.64 Å². The van der Waals surface area contributed by atoms with Gasteiger partial charge in [-0.3, -0.25) is 4.79 Å². The molecule has 0 bridgehead atoms. The quantitative estimate of drug-likeness (QED) is 0.837. The first-order chi connectivity index (χ1) is 9.06. The van der Waals surface area contributed by atoms with Gasteiger partial charge >= 0.3 is 0 Å². The van der Waals surface area contributed by atoms with Crippen LogP contribution in [0, 0.1) is 5.92 Å². The molecule has 1 heterocycles. The summed E-state index contributed by atoms with van der Waals surface area (Å²) in [6, 6.07) is 10.1. The van der Waals surface area contributed by atoms with Crippen LogP contribution in [-0.4, -0.2) is 30.0 Å². The summed E-state index contributed by atoms with van der Waals surface area (Å²) in [4.78, 5) is 14.2. The van der Waals surface area contributed by atoms with E-state index < -0.39 is 0 Å². The molecule has 0 radical (unpaired) electrons. The number of carbonyl (C=O) groups excluding carboxylic acids is 1. The number of carbonyl (C=O) groups is 1. The molecule has 1 amide bonds. The summed E-state index contributed by atoms with van der Waals surface area (Å²) in [6.45, 7) is 7.56. The molecule has 0 N–H and O–H groups in total. The van der Waals surface area contributed by atoms with Crippen LogP contribution in [0.4, 0.5) is 0 Å². The Bertz CT molecular complexity index is 416. The summed E-state index contributed by atoms with van der Waals surface area (Å²) in [5.41, 5.74) is 1.15. The molecule has 0 aliphatic carbocycles. The molecular weight excluding hydrogens is 238 g/mol. The van der Waals surface area contributed by atoms with E-state index in [0.717, 1.165) is 5.56 Å². The molecular formula is C16H23NO2. The van der Waals surface area contributed by atoms with E-state index in [0.29, 0.717) is 25.4 Å². The molecule has 2 atom stereocenters. The summed E-state index contributed by atoms with van der Waals surface area (Å²) in [5, 5.41) is 0. The van der Waals surface area contributed by atoms with Crippen molar-refractivity contribution in [3.8, 4) is 0 Å². The van der Waals surface area contributed by atoms with Crippen molar-refractivity contribution in [2.24, 2.45) is 5.92 Å². The second-order valence-corrected chi connectivity index (χ2v) is 5.74. The molecule has 3 nitrogen and oxygen atoms in total. The van der Waals surface area contributed by atoms with Crippen LogP contribution >= 0.6 is 0 Å². The van der Waals surface area contributed by atoms with E-state index in [4.69, 9.17) is 4.74 Å². The van der Waals surface area contributed by atoms with E-state index >= 15 is 0 Å². The first kappa shape index (κ1) is 14.1. The topological polar surface area (TPSA) is 29.5 Å². The van der Waals surface area contributed by atoms with Crippen molar-refractivity contribution < 1.29 is 9.53 Å². The van der Waals surface area contributed by atoms with Crippen molar-refractivity contribution in [3.05, 3.63) is 35.9 Å². The largest absolute Gasteiger partial charge is 0.367 e. The number of morpholine rings is 1. The zero-order valence-corrected chi connectivity index (χ0v) is 12.0. The zero-order chi connectivity index (χ0) is 13.8. The third kappa shape index (κ3) is 3.80. The zero-order valence-electron chi connectivity index (χ0n) is 12.0. The van der Waals surface area contributed by atoms with Gasteiger partial charge in [0.25, 0.3) is 0 Å². The van der Waals surface area contributed by atoms with Crippen molar-refractivity contribution in [1.29, 1.82) is 0 Å². The first-order valence-electron chi connectivity index (χ1n) is 7.04. The predicted octanol–water partition coefficient (Wildman–Crippen LogP) is 3.02. The van der Waals surface area contributed by atoms with Crippen LogP contribution < -0.4 is 0 Å². The number of hydrogen-bond acceptors (Lipinski definition) is 2. The van der Waals surface area contributed by atoms with Gasteiger partial charge in [-0.2, -0.15) is 0 Å². The van der Waals surface area contributed by atoms with Crippen LogP contribution in [0.15, 0.2) is 30.3 Å². The minimum absolute atomic E-state index is 0.000984. The fourth-order valence-corrected chi connectivity index (χ4v) is 2.49. The van der Waals surface area contributed by atoms with Gasteiger partial charge in [-0.25, -0.2) is 0 Å². The van der Waals surface area contributed by atoms with E-state index in [2.05, 4.69) is 26.0 Å². The minimum Gasteiger partial charge on any atom is -0.367 e. The van der Waals surface area contributed by atoms with Crippen molar-refractivity contribution >= 4 is 5.91 Å². The molecule has 0 aromatic heterocycles. The van der Waals surface area contributed by atoms with Crippen LogP contribution in [0.1, 0.15) is 38.9 Å². The van der Waals surface area contributed by atoms with Crippen LogP contribution in [0.25, 0.3) is 0 Å². The third-order valence-electron chi connectivity index (χ3n) is 3.37. The maximum Gasteiger partial charge on any atom is 0.223 e. The Morgan fingerprint density at radius 1 is 1.32 bits per heavy atom. The van der Waals surface area contributed by atoms with Gasteiger partial charge in [0.05, 0.1) is 12.6 Å². The number of amides is 1. The normalized spacial score (nSPS) is 23.7. The average molecular weight is 261 g/mol. The van der Waals surface area contributed by atoms with Crippen molar-refractivity contribution in [3.63, 3.8) is 0 Å². The fraction of sp³-hybridized carbons (Fsp3) is 0.562. The van der Waals surface area contributed by atoms with Gasteiger partial charge in [0, 0.05) is 13.0 Å². The standard InChI is InChI=1S/C16H23NO2/c1-12(2)9-16(18)17-10-13(3)19-15(11-17)14-7-5-4-6-8-14/h4-8,12-13,15H,9-11H2,1-3H3. The van der Waals surface area contributed by atoms with Crippen molar-refractivity contribution in [2.45, 2.75) is 39.4 Å². The highest BCUT2D eigenvalue weighted by molar-refractivity contribution is 5.76. The Morgan fingerprint density at radius 3 is 2.63 bits per heavy atom. The molecule has 2 rings (SSSR count). The summed E-state index contributed by atoms with van der Waals surface area (Å²) >= 11 is 0. The second kappa shape index (κ2) is 6.20. The number of hydrogen-bond donors (Lipinski definition) is 0. The summed E-state index contributed by atoms with van der Waals surface area (Å²) in [5.74, 6) is 0.645. The molecule has 0 spiro atoms. The van der Waals surface area contributed by atoms with Crippen LogP contribution in [0.5, 0.6) is 0 Å². The SMILES string of the molecule is CC(C)CC(=O)N1CC(C)OC(c2ccccc2)C1. The van der Waals surface area contributed by atoms with E-state index in [-0.39, 0.29) is 18.1 Å². The van der Waals surface area contributed by atoms with Gasteiger partial charge in [0.15, 0.2) is 0 Å². The molecule has 1 saturated heterocycles. The monoisotopic (exact) mass is 261 g/mol. The number of nitrogens with zero attached hydrogens (tertiary/aromatic N) is 1. The lowest BCUT2D eigenvalue weighted by Crippen LogP contribution is -2.46. The Balaban J connectivity index is 2.06. The van der Waals surface area contributed by atoms with Crippen LogP contribution in [-0.2, 0) is 9.53 Å². The van der Waals surface area contributed by atoms with Gasteiger partial charge in [0.1, 0.15) is 6.10 Å². The molecule has 1 fully saturated rings. The minimum atomic E-state index is 0.000984. The Labute approximate surface area is 115 Å². The Morgan fingerprint density at radius 2 is 2.00 bits per heavy atom. The maximum atomic E-state index is 12.2. The number of rotatable bonds is 3. The van der Waals surface area contributed by atoms with Gasteiger partial charge in [-0.1, -0.05) is 44.2 Å². The van der Waals surface area contributed by atoms with Crippen molar-refractivity contribution in [1.82, 2.24) is 4.90 Å². The molecule has 104 valence electrons. The average Bonchev–Trinajstić information content (AvgIpc) is 2.38. The van der Waals surface area contributed by atoms with Gasteiger partial charge in [0.2, 0.25) is 5.91 Å². The maximum absolute atomic E-state index is 12.2. The van der Waals surface area contributed by atoms with E-state index in [1.807, 2.05) is 30.0 Å². The molecule has 2 unspecified atom stereocenters. The lowest BCUT2D eigenvalue weighted by molar-refractivity contribution is -0.145. The number of benzene rings is 1. The Kier molecular flexibility index (Phi) is 4.59. The van der Waals surface area contributed by atoms with E-state index in [1.54, 1.807) is 0 Å². The molecule has 1 aromatic carbocycles. The molecule has 0 saturated carbocycles. The van der Waals surface area contributed by atoms with Gasteiger partial charge in [-0.05, 0) is 18.4 Å². The summed E-state index contributed by atoms with van der Waals surface area (Å²) < 4.78 is 5.96. The Hall–Kier alpha value is -1.35. The lowest BCUT2D eigenvalue weighted by atomic mass is 10.0. The van der Waals surface area contributed by atoms with Gasteiger partial charge in [-0.15, -0.1) is 0 Å². The highest BCUT2D eigenvalue weighted by Gasteiger charge is 2.29. The highest BCUT2D eigenvalue weighted by atomic mass is 16.5. The summed E-state index contributed by atoms with van der Waals surface area (Å²) in [7, 11) is 0. The molecule has 3 heteroatoms. The lowest BCUT2D eigenvalue weighted by Gasteiger charge is -2.37. The summed E-state index contributed by atoms with van der Waals surface area (Å²) in [6.07, 6.45) is 0.713. The second-order valence-electron chi connectivity index (χ2n) is 5.74. The van der Waals surface area contributed by atoms with E-state index in [9.17, 15) is 4.79 Å².